The fourth-order valence-corrected chi connectivity index (χ4v) is 2.93. The van der Waals surface area contributed by atoms with Crippen molar-refractivity contribution in [2.45, 2.75) is 40.2 Å². The van der Waals surface area contributed by atoms with E-state index in [0.29, 0.717) is 5.56 Å². The molecule has 1 N–H and O–H groups in total. The molecule has 0 aliphatic heterocycles. The van der Waals surface area contributed by atoms with Crippen LogP contribution < -0.4 is 0 Å². The van der Waals surface area contributed by atoms with Crippen LogP contribution in [0, 0.1) is 33.5 Å². The minimum absolute atomic E-state index is 0.353. The Balaban J connectivity index is 2.69. The monoisotopic (exact) mass is 272 g/mol. The van der Waals surface area contributed by atoms with Gasteiger partial charge in [-0.2, -0.15) is 0 Å². The van der Waals surface area contributed by atoms with E-state index in [1.54, 1.807) is 6.92 Å². The van der Waals surface area contributed by atoms with E-state index in [1.165, 1.54) is 6.07 Å². The van der Waals surface area contributed by atoms with Crippen molar-refractivity contribution in [1.82, 2.24) is 0 Å². The minimum atomic E-state index is -1.34. The Morgan fingerprint density at radius 1 is 0.900 bits per heavy atom. The second kappa shape index (κ2) is 5.02. The third-order valence-corrected chi connectivity index (χ3v) is 3.84. The molecule has 20 heavy (non-hydrogen) atoms. The molecule has 106 valence electrons. The van der Waals surface area contributed by atoms with Gasteiger partial charge in [-0.1, -0.05) is 29.8 Å². The molecule has 0 saturated carbocycles. The van der Waals surface area contributed by atoms with Crippen molar-refractivity contribution in [1.29, 1.82) is 0 Å². The Morgan fingerprint density at radius 3 is 2.15 bits per heavy atom. The number of aryl methyl sites for hydroxylation is 4. The lowest BCUT2D eigenvalue weighted by molar-refractivity contribution is 0.0964. The zero-order valence-corrected chi connectivity index (χ0v) is 12.7. The molecule has 2 aromatic rings. The van der Waals surface area contributed by atoms with Gasteiger partial charge >= 0.3 is 0 Å². The molecule has 2 rings (SSSR count). The van der Waals surface area contributed by atoms with Crippen molar-refractivity contribution in [2.75, 3.05) is 0 Å². The Kier molecular flexibility index (Phi) is 3.70. The maximum absolute atomic E-state index is 14.4. The SMILES string of the molecule is Cc1cc(C)c(C(C)(O)c2cc(C)ccc2C)c(F)c1. The van der Waals surface area contributed by atoms with E-state index in [9.17, 15) is 9.50 Å². The van der Waals surface area contributed by atoms with E-state index in [0.717, 1.165) is 27.8 Å². The summed E-state index contributed by atoms with van der Waals surface area (Å²) in [5.74, 6) is -0.353. The molecule has 0 aliphatic rings. The average molecular weight is 272 g/mol. The third kappa shape index (κ3) is 2.48. The molecule has 0 heterocycles. The maximum Gasteiger partial charge on any atom is 0.130 e. The molecule has 0 amide bonds. The molecule has 0 aliphatic carbocycles. The fourth-order valence-electron chi connectivity index (χ4n) is 2.93. The van der Waals surface area contributed by atoms with Gasteiger partial charge in [0.25, 0.3) is 0 Å². The summed E-state index contributed by atoms with van der Waals surface area (Å²) in [6, 6.07) is 9.25. The number of halogens is 1. The van der Waals surface area contributed by atoms with Gasteiger partial charge in [-0.3, -0.25) is 0 Å². The maximum atomic E-state index is 14.4. The van der Waals surface area contributed by atoms with Crippen LogP contribution in [-0.2, 0) is 5.60 Å². The lowest BCUT2D eigenvalue weighted by atomic mass is 9.82. The van der Waals surface area contributed by atoms with Crippen LogP contribution in [0.25, 0.3) is 0 Å². The van der Waals surface area contributed by atoms with Crippen molar-refractivity contribution in [3.63, 3.8) is 0 Å². The molecule has 0 radical (unpaired) electrons. The van der Waals surface area contributed by atoms with E-state index in [-0.39, 0.29) is 5.82 Å². The third-order valence-electron chi connectivity index (χ3n) is 3.84. The lowest BCUT2D eigenvalue weighted by Crippen LogP contribution is -2.27. The zero-order chi connectivity index (χ0) is 15.1. The molecule has 0 fully saturated rings. The minimum Gasteiger partial charge on any atom is -0.381 e. The summed E-state index contributed by atoms with van der Waals surface area (Å²) in [4.78, 5) is 0. The van der Waals surface area contributed by atoms with Crippen LogP contribution in [0.1, 0.15) is 40.3 Å². The number of hydrogen-bond donors (Lipinski definition) is 1. The fraction of sp³-hybridized carbons (Fsp3) is 0.333. The van der Waals surface area contributed by atoms with Crippen LogP contribution in [0.5, 0.6) is 0 Å². The van der Waals surface area contributed by atoms with Crippen LogP contribution in [0.15, 0.2) is 30.3 Å². The van der Waals surface area contributed by atoms with E-state index in [1.807, 2.05) is 52.0 Å². The number of rotatable bonds is 2. The summed E-state index contributed by atoms with van der Waals surface area (Å²) in [6.45, 7) is 9.26. The number of aliphatic hydroxyl groups is 1. The zero-order valence-electron chi connectivity index (χ0n) is 12.7. The first-order valence-electron chi connectivity index (χ1n) is 6.81. The topological polar surface area (TPSA) is 20.2 Å². The summed E-state index contributed by atoms with van der Waals surface area (Å²) >= 11 is 0. The first-order valence-corrected chi connectivity index (χ1v) is 6.81. The Hall–Kier alpha value is -1.67. The molecular formula is C18H21FO. The van der Waals surface area contributed by atoms with Gasteiger partial charge in [-0.05, 0) is 62.9 Å². The second-order valence-electron chi connectivity index (χ2n) is 5.83. The van der Waals surface area contributed by atoms with Gasteiger partial charge in [0, 0.05) is 5.56 Å². The van der Waals surface area contributed by atoms with Crippen molar-refractivity contribution in [2.24, 2.45) is 0 Å². The van der Waals surface area contributed by atoms with E-state index in [2.05, 4.69) is 0 Å². The first kappa shape index (κ1) is 14.7. The van der Waals surface area contributed by atoms with Gasteiger partial charge in [0.05, 0.1) is 0 Å². The summed E-state index contributed by atoms with van der Waals surface area (Å²) in [7, 11) is 0. The van der Waals surface area contributed by atoms with E-state index < -0.39 is 5.60 Å². The molecule has 0 aromatic heterocycles. The Bertz CT molecular complexity index is 633. The van der Waals surface area contributed by atoms with Gasteiger partial charge in [-0.15, -0.1) is 0 Å². The van der Waals surface area contributed by atoms with E-state index >= 15 is 0 Å². The first-order chi connectivity index (χ1) is 9.23. The highest BCUT2D eigenvalue weighted by Crippen LogP contribution is 2.35. The van der Waals surface area contributed by atoms with Crippen molar-refractivity contribution >= 4 is 0 Å². The summed E-state index contributed by atoms with van der Waals surface area (Å²) < 4.78 is 14.4. The highest BCUT2D eigenvalue weighted by molar-refractivity contribution is 5.46. The Morgan fingerprint density at radius 2 is 1.55 bits per heavy atom. The highest BCUT2D eigenvalue weighted by atomic mass is 19.1. The molecule has 2 aromatic carbocycles. The van der Waals surface area contributed by atoms with Gasteiger partial charge in [0.15, 0.2) is 0 Å². The van der Waals surface area contributed by atoms with Crippen LogP contribution in [-0.4, -0.2) is 5.11 Å². The van der Waals surface area contributed by atoms with Crippen LogP contribution >= 0.6 is 0 Å². The van der Waals surface area contributed by atoms with Gasteiger partial charge in [-0.25, -0.2) is 4.39 Å². The summed E-state index contributed by atoms with van der Waals surface area (Å²) in [6.07, 6.45) is 0. The largest absolute Gasteiger partial charge is 0.381 e. The predicted molar refractivity (Wildman–Crippen MR) is 80.5 cm³/mol. The quantitative estimate of drug-likeness (QED) is 0.863. The van der Waals surface area contributed by atoms with Crippen molar-refractivity contribution < 1.29 is 9.50 Å². The Labute approximate surface area is 120 Å². The molecule has 2 heteroatoms. The number of benzene rings is 2. The van der Waals surface area contributed by atoms with Gasteiger partial charge in [0.1, 0.15) is 11.4 Å². The molecular weight excluding hydrogens is 251 g/mol. The average Bonchev–Trinajstić information content (AvgIpc) is 2.30. The standard InChI is InChI=1S/C18H21FO/c1-11-6-7-13(3)15(9-11)18(5,20)17-14(4)8-12(2)10-16(17)19/h6-10,20H,1-5H3. The smallest absolute Gasteiger partial charge is 0.130 e. The van der Waals surface area contributed by atoms with Crippen molar-refractivity contribution in [3.8, 4) is 0 Å². The molecule has 1 nitrogen and oxygen atoms in total. The highest BCUT2D eigenvalue weighted by Gasteiger charge is 2.32. The van der Waals surface area contributed by atoms with Crippen molar-refractivity contribution in [3.05, 3.63) is 69.5 Å². The lowest BCUT2D eigenvalue weighted by Gasteiger charge is -2.29. The molecule has 0 spiro atoms. The summed E-state index contributed by atoms with van der Waals surface area (Å²) in [5, 5.41) is 11.0. The molecule has 0 bridgehead atoms. The van der Waals surface area contributed by atoms with Crippen LogP contribution in [0.4, 0.5) is 4.39 Å². The van der Waals surface area contributed by atoms with Crippen LogP contribution in [0.2, 0.25) is 0 Å². The second-order valence-corrected chi connectivity index (χ2v) is 5.83. The summed E-state index contributed by atoms with van der Waals surface area (Å²) in [5.41, 5.74) is 3.42. The van der Waals surface area contributed by atoms with E-state index in [4.69, 9.17) is 0 Å². The molecule has 1 atom stereocenters. The molecule has 0 saturated heterocycles. The molecule has 1 unspecified atom stereocenters. The van der Waals surface area contributed by atoms with Crippen LogP contribution in [0.3, 0.4) is 0 Å². The number of hydrogen-bond acceptors (Lipinski definition) is 1. The normalized spacial score (nSPS) is 14.2. The predicted octanol–water partition coefficient (Wildman–Crippen LogP) is 4.32. The van der Waals surface area contributed by atoms with Gasteiger partial charge < -0.3 is 5.11 Å². The van der Waals surface area contributed by atoms with Gasteiger partial charge in [0.2, 0.25) is 0 Å².